The Kier molecular flexibility index (Phi) is 2.26. The van der Waals surface area contributed by atoms with Gasteiger partial charge >= 0.3 is 0 Å². The first-order valence-corrected chi connectivity index (χ1v) is 3.05. The van der Waals surface area contributed by atoms with Gasteiger partial charge in [0.15, 0.2) is 5.65 Å². The quantitative estimate of drug-likeness (QED) is 0.640. The van der Waals surface area contributed by atoms with Crippen LogP contribution in [-0.4, -0.2) is 19.9 Å². The third kappa shape index (κ3) is 1.41. The number of H-pyrrole nitrogens is 1. The first-order chi connectivity index (χ1) is 4.86. The van der Waals surface area contributed by atoms with Crippen molar-refractivity contribution in [2.24, 2.45) is 0 Å². The molecule has 0 atom stereocenters. The number of nitrogens with one attached hydrogen (secondary N) is 1. The predicted octanol–water partition coefficient (Wildman–Crippen LogP) is 1.43. The Morgan fingerprint density at radius 3 is 3.00 bits per heavy atom. The van der Waals surface area contributed by atoms with Crippen LogP contribution in [0.1, 0.15) is 0 Å². The van der Waals surface area contributed by atoms with E-state index >= 15 is 0 Å². The van der Waals surface area contributed by atoms with Gasteiger partial charge in [0, 0.05) is 0 Å². The highest BCUT2D eigenvalue weighted by molar-refractivity contribution is 6.28. The normalized spacial score (nSPS) is 9.55. The Labute approximate surface area is 73.4 Å². The molecule has 2 heterocycles. The molecule has 0 spiro atoms. The predicted molar refractivity (Wildman–Crippen MR) is 43.9 cm³/mol. The zero-order chi connectivity index (χ0) is 6.97. The van der Waals surface area contributed by atoms with E-state index in [1.165, 1.54) is 6.33 Å². The van der Waals surface area contributed by atoms with Crippen LogP contribution in [0.15, 0.2) is 12.5 Å². The number of aromatic nitrogens is 4. The molecule has 0 aromatic carbocycles. The molecule has 0 bridgehead atoms. The van der Waals surface area contributed by atoms with Gasteiger partial charge in [-0.15, -0.1) is 12.4 Å². The molecule has 4 nitrogen and oxygen atoms in total. The third-order valence-corrected chi connectivity index (χ3v) is 1.31. The van der Waals surface area contributed by atoms with Crippen LogP contribution in [0, 0.1) is 0 Å². The van der Waals surface area contributed by atoms with Crippen LogP contribution in [0.2, 0.25) is 5.28 Å². The first-order valence-electron chi connectivity index (χ1n) is 2.67. The molecule has 0 saturated heterocycles. The Hall–Kier alpha value is -0.870. The van der Waals surface area contributed by atoms with Crippen molar-refractivity contribution in [3.05, 3.63) is 17.8 Å². The van der Waals surface area contributed by atoms with E-state index in [9.17, 15) is 0 Å². The lowest BCUT2D eigenvalue weighted by Crippen LogP contribution is -1.76. The van der Waals surface area contributed by atoms with Gasteiger partial charge in [0.25, 0.3) is 0 Å². The van der Waals surface area contributed by atoms with Crippen LogP contribution in [0.4, 0.5) is 0 Å². The van der Waals surface area contributed by atoms with Gasteiger partial charge in [-0.2, -0.15) is 4.98 Å². The van der Waals surface area contributed by atoms with E-state index in [-0.39, 0.29) is 12.4 Å². The van der Waals surface area contributed by atoms with Crippen LogP contribution in [0.3, 0.4) is 0 Å². The molecule has 2 rings (SSSR count). The van der Waals surface area contributed by atoms with Crippen molar-refractivity contribution in [1.82, 2.24) is 19.9 Å². The van der Waals surface area contributed by atoms with Crippen LogP contribution < -0.4 is 0 Å². The first kappa shape index (κ1) is 8.23. The minimum atomic E-state index is 0. The van der Waals surface area contributed by atoms with Gasteiger partial charge in [-0.1, -0.05) is 0 Å². The molecule has 0 saturated carbocycles. The maximum atomic E-state index is 5.55. The van der Waals surface area contributed by atoms with E-state index in [4.69, 9.17) is 11.6 Å². The highest BCUT2D eigenvalue weighted by atomic mass is 35.5. The van der Waals surface area contributed by atoms with Crippen molar-refractivity contribution in [3.63, 3.8) is 0 Å². The fraction of sp³-hybridized carbons (Fsp3) is 0. The topological polar surface area (TPSA) is 54.5 Å². The van der Waals surface area contributed by atoms with Gasteiger partial charge in [-0.25, -0.2) is 9.97 Å². The van der Waals surface area contributed by atoms with Crippen LogP contribution in [-0.2, 0) is 0 Å². The molecule has 0 aliphatic carbocycles. The molecule has 0 amide bonds. The lowest BCUT2D eigenvalue weighted by Gasteiger charge is -1.79. The second-order valence-corrected chi connectivity index (χ2v) is 2.15. The van der Waals surface area contributed by atoms with E-state index in [1.54, 1.807) is 6.20 Å². The minimum Gasteiger partial charge on any atom is -0.326 e. The standard InChI is InChI=1S/C5H3ClN4.ClH/c6-5-9-3-1-7-2-8-4(3)10-5;/h1-2H,(H,7,8,9,10);1H. The molecule has 6 heteroatoms. The molecule has 2 aromatic rings. The lowest BCUT2D eigenvalue weighted by molar-refractivity contribution is 1.20. The fourth-order valence-corrected chi connectivity index (χ4v) is 0.914. The molecular formula is C5H4Cl2N4. The van der Waals surface area contributed by atoms with Crippen molar-refractivity contribution in [2.75, 3.05) is 0 Å². The highest BCUT2D eigenvalue weighted by Gasteiger charge is 1.98. The van der Waals surface area contributed by atoms with E-state index in [0.29, 0.717) is 10.9 Å². The summed E-state index contributed by atoms with van der Waals surface area (Å²) in [5.41, 5.74) is 1.35. The van der Waals surface area contributed by atoms with Gasteiger partial charge in [0.05, 0.1) is 6.20 Å². The third-order valence-electron chi connectivity index (χ3n) is 1.13. The number of halogens is 2. The summed E-state index contributed by atoms with van der Waals surface area (Å²) in [7, 11) is 0. The highest BCUT2D eigenvalue weighted by Crippen LogP contribution is 2.08. The van der Waals surface area contributed by atoms with Crippen LogP contribution >= 0.6 is 24.0 Å². The van der Waals surface area contributed by atoms with Crippen molar-refractivity contribution in [3.8, 4) is 0 Å². The summed E-state index contributed by atoms with van der Waals surface area (Å²) in [6.45, 7) is 0. The van der Waals surface area contributed by atoms with Gasteiger partial charge in [-0.05, 0) is 11.6 Å². The van der Waals surface area contributed by atoms with E-state index < -0.39 is 0 Å². The molecule has 0 unspecified atom stereocenters. The number of fused-ring (bicyclic) bond motifs is 1. The summed E-state index contributed by atoms with van der Waals surface area (Å²) >= 11 is 5.55. The van der Waals surface area contributed by atoms with Crippen LogP contribution in [0.25, 0.3) is 11.2 Å². The maximum Gasteiger partial charge on any atom is 0.202 e. The minimum absolute atomic E-state index is 0. The number of aromatic amines is 1. The fourth-order valence-electron chi connectivity index (χ4n) is 0.732. The molecule has 58 valence electrons. The summed E-state index contributed by atoms with van der Waals surface area (Å²) in [5, 5.41) is 0.343. The number of nitrogens with zero attached hydrogens (tertiary/aromatic N) is 3. The molecule has 0 aliphatic rings. The smallest absolute Gasteiger partial charge is 0.202 e. The molecule has 0 aliphatic heterocycles. The Bertz CT molecular complexity index is 325. The van der Waals surface area contributed by atoms with Gasteiger partial charge < -0.3 is 4.98 Å². The molecular weight excluding hydrogens is 187 g/mol. The lowest BCUT2D eigenvalue weighted by atomic mass is 10.6. The summed E-state index contributed by atoms with van der Waals surface area (Å²) in [6, 6.07) is 0. The zero-order valence-corrected chi connectivity index (χ0v) is 6.85. The molecule has 0 fully saturated rings. The molecule has 2 aromatic heterocycles. The molecule has 1 N–H and O–H groups in total. The van der Waals surface area contributed by atoms with Crippen molar-refractivity contribution in [2.45, 2.75) is 0 Å². The van der Waals surface area contributed by atoms with Crippen molar-refractivity contribution in [1.29, 1.82) is 0 Å². The average molecular weight is 191 g/mol. The SMILES string of the molecule is Cl.Clc1nc2ncncc2[nH]1. The van der Waals surface area contributed by atoms with Gasteiger partial charge in [0.1, 0.15) is 11.8 Å². The van der Waals surface area contributed by atoms with Crippen LogP contribution in [0.5, 0.6) is 0 Å². The van der Waals surface area contributed by atoms with E-state index in [1.807, 2.05) is 0 Å². The largest absolute Gasteiger partial charge is 0.326 e. The number of rotatable bonds is 0. The number of hydrogen-bond acceptors (Lipinski definition) is 3. The molecule has 11 heavy (non-hydrogen) atoms. The second-order valence-electron chi connectivity index (χ2n) is 1.79. The second kappa shape index (κ2) is 3.02. The van der Waals surface area contributed by atoms with E-state index in [0.717, 1.165) is 5.52 Å². The summed E-state index contributed by atoms with van der Waals surface area (Å²) in [6.07, 6.45) is 3.06. The Balaban J connectivity index is 0.000000605. The van der Waals surface area contributed by atoms with E-state index in [2.05, 4.69) is 19.9 Å². The maximum absolute atomic E-state index is 5.55. The van der Waals surface area contributed by atoms with Crippen molar-refractivity contribution >= 4 is 35.2 Å². The summed E-state index contributed by atoms with van der Waals surface area (Å²) < 4.78 is 0. The van der Waals surface area contributed by atoms with Gasteiger partial charge in [-0.3, -0.25) is 0 Å². The zero-order valence-electron chi connectivity index (χ0n) is 5.28. The monoisotopic (exact) mass is 190 g/mol. The Morgan fingerprint density at radius 1 is 1.45 bits per heavy atom. The number of hydrogen-bond donors (Lipinski definition) is 1. The van der Waals surface area contributed by atoms with Crippen molar-refractivity contribution < 1.29 is 0 Å². The number of imidazole rings is 1. The average Bonchev–Trinajstić information content (AvgIpc) is 2.27. The van der Waals surface area contributed by atoms with Gasteiger partial charge in [0.2, 0.25) is 5.28 Å². The molecule has 0 radical (unpaired) electrons. The summed E-state index contributed by atoms with van der Waals surface area (Å²) in [4.78, 5) is 14.3. The Morgan fingerprint density at radius 2 is 2.27 bits per heavy atom. The summed E-state index contributed by atoms with van der Waals surface area (Å²) in [5.74, 6) is 0.